The number of hydrogen-bond donors (Lipinski definition) is 4. The Kier molecular flexibility index (Phi) is 4.28. The maximum atomic E-state index is 6.11. The summed E-state index contributed by atoms with van der Waals surface area (Å²) in [6, 6.07) is 8.02. The van der Waals surface area contributed by atoms with Gasteiger partial charge in [-0.15, -0.1) is 0 Å². The van der Waals surface area contributed by atoms with Gasteiger partial charge in [-0.3, -0.25) is 0 Å². The van der Waals surface area contributed by atoms with Crippen molar-refractivity contribution in [3.05, 3.63) is 36.2 Å². The first-order valence-electron chi connectivity index (χ1n) is 6.82. The summed E-state index contributed by atoms with van der Waals surface area (Å²) in [5, 5.41) is 3.21. The molecule has 0 aliphatic carbocycles. The van der Waals surface area contributed by atoms with Gasteiger partial charge in [-0.05, 0) is 45.4 Å². The fourth-order valence-corrected chi connectivity index (χ4v) is 1.70. The average Bonchev–Trinajstić information content (AvgIpc) is 2.39. The fourth-order valence-electron chi connectivity index (χ4n) is 1.70. The lowest BCUT2D eigenvalue weighted by Crippen LogP contribution is -2.40. The molecule has 0 saturated carbocycles. The monoisotopic (exact) mass is 286 g/mol. The molecule has 2 aromatic rings. The Morgan fingerprint density at radius 3 is 2.48 bits per heavy atom. The second kappa shape index (κ2) is 5.97. The summed E-state index contributed by atoms with van der Waals surface area (Å²) in [5.74, 6) is 1.13. The summed E-state index contributed by atoms with van der Waals surface area (Å²) < 4.78 is 0. The Hall–Kier alpha value is -2.34. The van der Waals surface area contributed by atoms with Crippen LogP contribution in [0, 0.1) is 6.92 Å². The molecule has 0 atom stereocenters. The summed E-state index contributed by atoms with van der Waals surface area (Å²) in [5.41, 5.74) is 14.7. The molecule has 2 rings (SSSR count). The minimum Gasteiger partial charge on any atom is -0.393 e. The van der Waals surface area contributed by atoms with Crippen LogP contribution in [0.2, 0.25) is 0 Å². The van der Waals surface area contributed by atoms with E-state index in [9.17, 15) is 0 Å². The van der Waals surface area contributed by atoms with Gasteiger partial charge in [-0.2, -0.15) is 0 Å². The summed E-state index contributed by atoms with van der Waals surface area (Å²) in [4.78, 5) is 8.34. The van der Waals surface area contributed by atoms with Crippen molar-refractivity contribution in [3.8, 4) is 0 Å². The molecular weight excluding hydrogens is 264 g/mol. The van der Waals surface area contributed by atoms with Crippen molar-refractivity contribution in [3.63, 3.8) is 0 Å². The Bertz CT molecular complexity index is 618. The highest BCUT2D eigenvalue weighted by molar-refractivity contribution is 5.77. The van der Waals surface area contributed by atoms with E-state index in [1.54, 1.807) is 0 Å². The Balaban J connectivity index is 2.17. The summed E-state index contributed by atoms with van der Waals surface area (Å²) in [7, 11) is 0. The van der Waals surface area contributed by atoms with Gasteiger partial charge in [0.25, 0.3) is 0 Å². The number of rotatable bonds is 4. The minimum atomic E-state index is -0.0957. The maximum absolute atomic E-state index is 6.11. The van der Waals surface area contributed by atoms with Crippen LogP contribution in [0.4, 0.5) is 23.0 Å². The molecule has 0 bridgehead atoms. The quantitative estimate of drug-likeness (QED) is 0.646. The zero-order chi connectivity index (χ0) is 15.5. The first-order valence-corrected chi connectivity index (χ1v) is 6.82. The molecule has 1 aromatic heterocycles. The summed E-state index contributed by atoms with van der Waals surface area (Å²) in [6.07, 6.45) is 1.47. The number of hydrazine groups is 1. The smallest absolute Gasteiger partial charge is 0.169 e. The zero-order valence-electron chi connectivity index (χ0n) is 12.9. The van der Waals surface area contributed by atoms with Crippen molar-refractivity contribution >= 4 is 23.0 Å². The van der Waals surface area contributed by atoms with Gasteiger partial charge in [0.05, 0.1) is 0 Å². The van der Waals surface area contributed by atoms with Gasteiger partial charge in [0.15, 0.2) is 11.6 Å². The lowest BCUT2D eigenvalue weighted by Gasteiger charge is -2.22. The van der Waals surface area contributed by atoms with Gasteiger partial charge < -0.3 is 16.5 Å². The highest BCUT2D eigenvalue weighted by Gasteiger charge is 2.12. The van der Waals surface area contributed by atoms with Gasteiger partial charge in [0.2, 0.25) is 0 Å². The van der Waals surface area contributed by atoms with Crippen LogP contribution in [-0.4, -0.2) is 15.5 Å². The molecule has 0 spiro atoms. The SMILES string of the molecule is Cc1cccc(Nc2ncnc(NNC(C)(C)C)c2N)c1. The second-order valence-electron chi connectivity index (χ2n) is 5.98. The van der Waals surface area contributed by atoms with Crippen LogP contribution < -0.4 is 21.9 Å². The summed E-state index contributed by atoms with van der Waals surface area (Å²) >= 11 is 0. The molecule has 0 fully saturated rings. The Labute approximate surface area is 125 Å². The molecule has 0 saturated heterocycles. The highest BCUT2D eigenvalue weighted by atomic mass is 15.4. The van der Waals surface area contributed by atoms with Crippen LogP contribution in [0.25, 0.3) is 0 Å². The molecule has 0 amide bonds. The molecule has 112 valence electrons. The highest BCUT2D eigenvalue weighted by Crippen LogP contribution is 2.25. The normalized spacial score (nSPS) is 11.2. The predicted molar refractivity (Wildman–Crippen MR) is 87.4 cm³/mol. The van der Waals surface area contributed by atoms with Gasteiger partial charge in [0.1, 0.15) is 12.0 Å². The molecule has 6 nitrogen and oxygen atoms in total. The Morgan fingerprint density at radius 1 is 1.10 bits per heavy atom. The maximum Gasteiger partial charge on any atom is 0.169 e. The number of nitrogens with one attached hydrogen (secondary N) is 3. The third kappa shape index (κ3) is 4.32. The lowest BCUT2D eigenvalue weighted by atomic mass is 10.1. The third-order valence-corrected chi connectivity index (χ3v) is 2.72. The van der Waals surface area contributed by atoms with E-state index in [1.807, 2.05) is 52.0 Å². The largest absolute Gasteiger partial charge is 0.393 e. The van der Waals surface area contributed by atoms with Crippen LogP contribution in [0.5, 0.6) is 0 Å². The van der Waals surface area contributed by atoms with E-state index in [4.69, 9.17) is 5.73 Å². The van der Waals surface area contributed by atoms with E-state index in [1.165, 1.54) is 11.9 Å². The van der Waals surface area contributed by atoms with E-state index < -0.39 is 0 Å². The van der Waals surface area contributed by atoms with Crippen LogP contribution >= 0.6 is 0 Å². The number of nitrogens with zero attached hydrogens (tertiary/aromatic N) is 2. The topological polar surface area (TPSA) is 87.9 Å². The summed E-state index contributed by atoms with van der Waals surface area (Å²) in [6.45, 7) is 8.17. The van der Waals surface area contributed by atoms with Crippen molar-refractivity contribution in [2.24, 2.45) is 0 Å². The lowest BCUT2D eigenvalue weighted by molar-refractivity contribution is 0.464. The van der Waals surface area contributed by atoms with E-state index in [0.29, 0.717) is 17.3 Å². The van der Waals surface area contributed by atoms with Crippen molar-refractivity contribution in [2.75, 3.05) is 16.5 Å². The molecule has 5 N–H and O–H groups in total. The van der Waals surface area contributed by atoms with Gasteiger partial charge in [0, 0.05) is 11.2 Å². The van der Waals surface area contributed by atoms with Gasteiger partial charge in [-0.25, -0.2) is 15.4 Å². The molecule has 0 radical (unpaired) electrons. The number of nitrogens with two attached hydrogens (primary N) is 1. The standard InChI is InChI=1S/C15H22N6/c1-10-6-5-7-11(8-10)19-13-12(16)14(18-9-17-13)20-21-15(2,3)4/h5-9,21H,16H2,1-4H3,(H2,17,18,19,20). The number of aromatic nitrogens is 2. The van der Waals surface area contributed by atoms with Crippen molar-refractivity contribution in [2.45, 2.75) is 33.2 Å². The molecule has 1 aromatic carbocycles. The molecular formula is C15H22N6. The van der Waals surface area contributed by atoms with E-state index in [0.717, 1.165) is 5.69 Å². The average molecular weight is 286 g/mol. The molecule has 21 heavy (non-hydrogen) atoms. The second-order valence-corrected chi connectivity index (χ2v) is 5.98. The first-order chi connectivity index (χ1) is 9.85. The van der Waals surface area contributed by atoms with Crippen LogP contribution in [0.15, 0.2) is 30.6 Å². The number of nitrogen functional groups attached to an aromatic ring is 1. The van der Waals surface area contributed by atoms with E-state index in [2.05, 4.69) is 26.1 Å². The predicted octanol–water partition coefficient (Wildman–Crippen LogP) is 2.83. The van der Waals surface area contributed by atoms with E-state index >= 15 is 0 Å². The van der Waals surface area contributed by atoms with Crippen LogP contribution in [0.1, 0.15) is 26.3 Å². The molecule has 1 heterocycles. The van der Waals surface area contributed by atoms with Crippen molar-refractivity contribution < 1.29 is 0 Å². The van der Waals surface area contributed by atoms with Crippen molar-refractivity contribution in [1.29, 1.82) is 0 Å². The number of anilines is 4. The number of aryl methyl sites for hydroxylation is 1. The Morgan fingerprint density at radius 2 is 1.81 bits per heavy atom. The minimum absolute atomic E-state index is 0.0957. The molecule has 6 heteroatoms. The van der Waals surface area contributed by atoms with Gasteiger partial charge >= 0.3 is 0 Å². The van der Waals surface area contributed by atoms with Gasteiger partial charge in [-0.1, -0.05) is 12.1 Å². The van der Waals surface area contributed by atoms with Crippen LogP contribution in [0.3, 0.4) is 0 Å². The molecule has 0 aliphatic heterocycles. The fraction of sp³-hybridized carbons (Fsp3) is 0.333. The van der Waals surface area contributed by atoms with E-state index in [-0.39, 0.29) is 5.54 Å². The molecule has 0 unspecified atom stereocenters. The number of hydrogen-bond acceptors (Lipinski definition) is 6. The van der Waals surface area contributed by atoms with Crippen LogP contribution in [-0.2, 0) is 0 Å². The molecule has 0 aliphatic rings. The third-order valence-electron chi connectivity index (χ3n) is 2.72. The zero-order valence-corrected chi connectivity index (χ0v) is 12.9. The number of benzene rings is 1. The first kappa shape index (κ1) is 15.1. The van der Waals surface area contributed by atoms with Crippen molar-refractivity contribution in [1.82, 2.24) is 15.4 Å².